The molecule has 0 N–H and O–H groups in total. The number of aromatic nitrogens is 4. The third-order valence-corrected chi connectivity index (χ3v) is 8.91. The summed E-state index contributed by atoms with van der Waals surface area (Å²) >= 11 is 1.62. The predicted octanol–water partition coefficient (Wildman–Crippen LogP) is 10.3. The maximum Gasteiger partial charge on any atom is 0.238 e. The van der Waals surface area contributed by atoms with Gasteiger partial charge in [0.2, 0.25) is 5.95 Å². The summed E-state index contributed by atoms with van der Waals surface area (Å²) < 4.78 is 80.9. The second kappa shape index (κ2) is 9.97. The molecule has 3 heterocycles. The standard InChI is InChI=1S/C39H24N4S/c1-3-12-25(13-4-1)27-22-23-29-28-16-7-9-20-33(28)43(34(29)24-27)39-41-37(26-14-5-2-6-15-26)40-38(42-39)32-19-11-18-31-30-17-8-10-21-35(30)44-36(31)32/h1-24H/i1D,3D,4D,7D,9D,12D,13D,16D,20D. The molecule has 0 amide bonds. The van der Waals surface area contributed by atoms with E-state index in [4.69, 9.17) is 27.3 Å². The molecule has 0 atom stereocenters. The van der Waals surface area contributed by atoms with E-state index in [-0.39, 0.29) is 46.6 Å². The van der Waals surface area contributed by atoms with Gasteiger partial charge < -0.3 is 0 Å². The van der Waals surface area contributed by atoms with Gasteiger partial charge in [-0.1, -0.05) is 121 Å². The summed E-state index contributed by atoms with van der Waals surface area (Å²) in [6.07, 6.45) is 0. The van der Waals surface area contributed by atoms with E-state index in [0.29, 0.717) is 33.7 Å². The monoisotopic (exact) mass is 589 g/mol. The number of thiophene rings is 1. The molecular formula is C39H24N4S. The third kappa shape index (κ3) is 3.94. The highest BCUT2D eigenvalue weighted by Gasteiger charge is 2.20. The van der Waals surface area contributed by atoms with Crippen LogP contribution >= 0.6 is 11.3 Å². The number of rotatable bonds is 4. The van der Waals surface area contributed by atoms with Crippen molar-refractivity contribution >= 4 is 53.3 Å². The van der Waals surface area contributed by atoms with Gasteiger partial charge >= 0.3 is 0 Å². The van der Waals surface area contributed by atoms with Crippen molar-refractivity contribution in [3.63, 3.8) is 0 Å². The van der Waals surface area contributed by atoms with Crippen LogP contribution in [0.25, 0.3) is 81.8 Å². The van der Waals surface area contributed by atoms with Crippen LogP contribution in [0.15, 0.2) is 145 Å². The van der Waals surface area contributed by atoms with Crippen LogP contribution in [-0.2, 0) is 0 Å². The molecule has 0 spiro atoms. The molecule has 0 saturated heterocycles. The molecule has 44 heavy (non-hydrogen) atoms. The fourth-order valence-corrected chi connectivity index (χ4v) is 6.91. The Morgan fingerprint density at radius 1 is 0.523 bits per heavy atom. The van der Waals surface area contributed by atoms with E-state index in [1.165, 1.54) is 0 Å². The van der Waals surface area contributed by atoms with Crippen molar-refractivity contribution < 1.29 is 12.3 Å². The van der Waals surface area contributed by atoms with Crippen molar-refractivity contribution in [2.75, 3.05) is 0 Å². The fourth-order valence-electron chi connectivity index (χ4n) is 5.70. The zero-order chi connectivity index (χ0) is 36.9. The highest BCUT2D eigenvalue weighted by Crippen LogP contribution is 2.40. The molecule has 5 heteroatoms. The molecule has 0 bridgehead atoms. The average Bonchev–Trinajstić information content (AvgIpc) is 3.74. The van der Waals surface area contributed by atoms with Gasteiger partial charge in [-0.3, -0.25) is 4.57 Å². The van der Waals surface area contributed by atoms with Crippen molar-refractivity contribution in [3.05, 3.63) is 145 Å². The van der Waals surface area contributed by atoms with Crippen LogP contribution in [0.2, 0.25) is 0 Å². The molecule has 206 valence electrons. The lowest BCUT2D eigenvalue weighted by Gasteiger charge is -2.12. The third-order valence-electron chi connectivity index (χ3n) is 7.69. The van der Waals surface area contributed by atoms with Crippen LogP contribution in [0.1, 0.15) is 12.3 Å². The number of nitrogens with zero attached hydrogens (tertiary/aromatic N) is 4. The predicted molar refractivity (Wildman–Crippen MR) is 183 cm³/mol. The van der Waals surface area contributed by atoms with E-state index in [1.807, 2.05) is 54.6 Å². The molecular weight excluding hydrogens is 557 g/mol. The highest BCUT2D eigenvalue weighted by atomic mass is 32.1. The minimum atomic E-state index is -0.512. The molecule has 3 aromatic heterocycles. The van der Waals surface area contributed by atoms with Crippen molar-refractivity contribution in [1.82, 2.24) is 19.5 Å². The van der Waals surface area contributed by atoms with Crippen LogP contribution in [0.3, 0.4) is 0 Å². The maximum atomic E-state index is 9.11. The van der Waals surface area contributed by atoms with Gasteiger partial charge in [-0.25, -0.2) is 4.98 Å². The van der Waals surface area contributed by atoms with Gasteiger partial charge in [-0.15, -0.1) is 11.3 Å². The van der Waals surface area contributed by atoms with Crippen molar-refractivity contribution in [1.29, 1.82) is 0 Å². The van der Waals surface area contributed by atoms with Crippen LogP contribution < -0.4 is 0 Å². The first-order chi connectivity index (χ1) is 25.5. The van der Waals surface area contributed by atoms with E-state index in [1.54, 1.807) is 34.1 Å². The zero-order valence-corrected chi connectivity index (χ0v) is 23.7. The molecule has 0 fully saturated rings. The van der Waals surface area contributed by atoms with Gasteiger partial charge in [0.05, 0.1) is 23.4 Å². The van der Waals surface area contributed by atoms with Gasteiger partial charge in [0.25, 0.3) is 0 Å². The average molecular weight is 590 g/mol. The van der Waals surface area contributed by atoms with Crippen LogP contribution in [0, 0.1) is 0 Å². The van der Waals surface area contributed by atoms with Crippen molar-refractivity contribution in [3.8, 4) is 39.9 Å². The molecule has 9 aromatic rings. The largest absolute Gasteiger partial charge is 0.278 e. The number of hydrogen-bond acceptors (Lipinski definition) is 4. The summed E-state index contributed by atoms with van der Waals surface area (Å²) in [6.45, 7) is 0. The molecule has 0 aliphatic carbocycles. The number of hydrogen-bond donors (Lipinski definition) is 0. The highest BCUT2D eigenvalue weighted by molar-refractivity contribution is 7.26. The van der Waals surface area contributed by atoms with Gasteiger partial charge in [-0.05, 0) is 35.4 Å². The van der Waals surface area contributed by atoms with E-state index >= 15 is 0 Å². The van der Waals surface area contributed by atoms with Crippen molar-refractivity contribution in [2.24, 2.45) is 0 Å². The SMILES string of the molecule is [2H]c1c([2H])c([2H])c(-c2ccc3c4c([2H])c([2H])c([2H])c([2H])c4n(-c4nc(-c5ccccc5)nc(-c5cccc6c5sc5ccccc56)n4)c3c2)c([2H])c1[2H]. The Labute approximate surface area is 270 Å². The van der Waals surface area contributed by atoms with Crippen LogP contribution in [-0.4, -0.2) is 19.5 Å². The number of para-hydroxylation sites is 1. The lowest BCUT2D eigenvalue weighted by atomic mass is 10.0. The molecule has 0 aliphatic heterocycles. The first-order valence-electron chi connectivity index (χ1n) is 18.4. The lowest BCUT2D eigenvalue weighted by Crippen LogP contribution is -2.06. The molecule has 9 rings (SSSR count). The second-order valence-corrected chi connectivity index (χ2v) is 11.3. The summed E-state index contributed by atoms with van der Waals surface area (Å²) in [5.41, 5.74) is 2.21. The van der Waals surface area contributed by atoms with Crippen LogP contribution in [0.4, 0.5) is 0 Å². The Morgan fingerprint density at radius 3 is 2.20 bits per heavy atom. The Kier molecular flexibility index (Phi) is 3.96. The lowest BCUT2D eigenvalue weighted by molar-refractivity contribution is 0.954. The molecule has 0 radical (unpaired) electrons. The minimum absolute atomic E-state index is 0.0213. The topological polar surface area (TPSA) is 43.6 Å². The molecule has 6 aromatic carbocycles. The molecule has 4 nitrogen and oxygen atoms in total. The second-order valence-electron chi connectivity index (χ2n) is 10.2. The van der Waals surface area contributed by atoms with Crippen LogP contribution in [0.5, 0.6) is 0 Å². The summed E-state index contributed by atoms with van der Waals surface area (Å²) in [6, 6.07) is 24.7. The van der Waals surface area contributed by atoms with Crippen molar-refractivity contribution in [2.45, 2.75) is 0 Å². The van der Waals surface area contributed by atoms with E-state index in [9.17, 15) is 0 Å². The smallest absolute Gasteiger partial charge is 0.238 e. The Bertz CT molecular complexity index is 2990. The Morgan fingerprint density at radius 2 is 1.30 bits per heavy atom. The number of fused-ring (bicyclic) bond motifs is 6. The van der Waals surface area contributed by atoms with Gasteiger partial charge in [0, 0.05) is 42.1 Å². The Hall–Kier alpha value is -5.65. The first-order valence-corrected chi connectivity index (χ1v) is 14.7. The molecule has 0 aliphatic rings. The van der Waals surface area contributed by atoms with E-state index in [2.05, 4.69) is 18.2 Å². The quantitative estimate of drug-likeness (QED) is 0.205. The Balaban J connectivity index is 1.42. The van der Waals surface area contributed by atoms with E-state index in [0.717, 1.165) is 25.7 Å². The normalized spacial score (nSPS) is 14.5. The first kappa shape index (κ1) is 17.5. The summed E-state index contributed by atoms with van der Waals surface area (Å²) in [5, 5.41) is 2.82. The maximum absolute atomic E-state index is 9.11. The zero-order valence-electron chi connectivity index (χ0n) is 31.9. The summed E-state index contributed by atoms with van der Waals surface area (Å²) in [7, 11) is 0. The van der Waals surface area contributed by atoms with Gasteiger partial charge in [0.15, 0.2) is 11.6 Å². The summed E-state index contributed by atoms with van der Waals surface area (Å²) in [4.78, 5) is 14.9. The molecule has 0 unspecified atom stereocenters. The fraction of sp³-hybridized carbons (Fsp3) is 0. The summed E-state index contributed by atoms with van der Waals surface area (Å²) in [5.74, 6) is 0.764. The van der Waals surface area contributed by atoms with Gasteiger partial charge in [0.1, 0.15) is 0 Å². The van der Waals surface area contributed by atoms with E-state index < -0.39 is 30.2 Å². The minimum Gasteiger partial charge on any atom is -0.278 e. The molecule has 0 saturated carbocycles. The number of benzene rings is 6. The van der Waals surface area contributed by atoms with Gasteiger partial charge in [-0.2, -0.15) is 9.97 Å².